The van der Waals surface area contributed by atoms with E-state index in [0.29, 0.717) is 32.1 Å². The maximum absolute atomic E-state index is 13.3. The monoisotopic (exact) mass is 476 g/mol. The second-order valence-electron chi connectivity index (χ2n) is 12.9. The second-order valence-corrected chi connectivity index (χ2v) is 12.9. The summed E-state index contributed by atoms with van der Waals surface area (Å²) in [6, 6.07) is 0. The summed E-state index contributed by atoms with van der Waals surface area (Å²) >= 11 is 0. The van der Waals surface area contributed by atoms with Gasteiger partial charge in [-0.05, 0) is 86.7 Å². The zero-order valence-electron chi connectivity index (χ0n) is 21.4. The van der Waals surface area contributed by atoms with Crippen LogP contribution in [0.1, 0.15) is 79.6 Å². The van der Waals surface area contributed by atoms with Gasteiger partial charge in [0.15, 0.2) is 5.78 Å². The highest BCUT2D eigenvalue weighted by atomic mass is 16.3. The van der Waals surface area contributed by atoms with Crippen molar-refractivity contribution in [1.29, 1.82) is 0 Å². The third kappa shape index (κ3) is 3.51. The normalized spacial score (nSPS) is 46.7. The Labute approximate surface area is 203 Å². The van der Waals surface area contributed by atoms with E-state index in [0.717, 1.165) is 17.6 Å². The number of aliphatic hydroxyl groups is 5. The standard InChI is InChI=1S/C28H44O6/c1-15(2)16(3)11-24(32)27(6,33)23-8-10-28(34)18-12-20(29)19-13-21(30)22(31)14-25(19,4)17(18)7-9-26(23,28)5/h12,15,17,19,21-24,30-34H,3,7-11,13-14H2,1-2,4-6H3/t17-,19+,21-,22+,23+,24-,25-,26-,27-,28-/m1/s1. The van der Waals surface area contributed by atoms with Crippen molar-refractivity contribution in [2.24, 2.45) is 34.5 Å². The highest BCUT2D eigenvalue weighted by molar-refractivity contribution is 5.95. The largest absolute Gasteiger partial charge is 0.390 e. The van der Waals surface area contributed by atoms with Gasteiger partial charge in [0.2, 0.25) is 0 Å². The molecule has 0 aromatic heterocycles. The molecule has 0 heterocycles. The summed E-state index contributed by atoms with van der Waals surface area (Å²) in [7, 11) is 0. The number of rotatable bonds is 5. The molecule has 0 radical (unpaired) electrons. The van der Waals surface area contributed by atoms with Gasteiger partial charge >= 0.3 is 0 Å². The van der Waals surface area contributed by atoms with Gasteiger partial charge in [0.05, 0.1) is 29.5 Å². The lowest BCUT2D eigenvalue weighted by Gasteiger charge is -2.60. The van der Waals surface area contributed by atoms with E-state index in [9.17, 15) is 30.3 Å². The number of carbonyl (C=O) groups is 1. The van der Waals surface area contributed by atoms with E-state index in [1.807, 2.05) is 27.7 Å². The third-order valence-corrected chi connectivity index (χ3v) is 10.8. The minimum Gasteiger partial charge on any atom is -0.390 e. The summed E-state index contributed by atoms with van der Waals surface area (Å²) in [5, 5.41) is 55.6. The molecular weight excluding hydrogens is 432 g/mol. The zero-order chi connectivity index (χ0) is 25.4. The summed E-state index contributed by atoms with van der Waals surface area (Å²) in [6.45, 7) is 13.8. The first-order valence-electron chi connectivity index (χ1n) is 13.0. The van der Waals surface area contributed by atoms with Crippen LogP contribution in [0.25, 0.3) is 0 Å². The fraction of sp³-hybridized carbons (Fsp3) is 0.821. The van der Waals surface area contributed by atoms with E-state index in [-0.39, 0.29) is 35.9 Å². The molecule has 192 valence electrons. The van der Waals surface area contributed by atoms with Gasteiger partial charge in [0.25, 0.3) is 0 Å². The summed E-state index contributed by atoms with van der Waals surface area (Å²) < 4.78 is 0. The molecule has 0 aromatic rings. The lowest BCUT2D eigenvalue weighted by Crippen LogP contribution is -2.62. The summed E-state index contributed by atoms with van der Waals surface area (Å²) in [4.78, 5) is 13.3. The Morgan fingerprint density at radius 2 is 1.82 bits per heavy atom. The molecule has 10 atom stereocenters. The predicted octanol–water partition coefficient (Wildman–Crippen LogP) is 2.91. The Bertz CT molecular complexity index is 891. The molecule has 6 heteroatoms. The quantitative estimate of drug-likeness (QED) is 0.390. The molecule has 0 saturated heterocycles. The van der Waals surface area contributed by atoms with Crippen LogP contribution in [0.15, 0.2) is 23.8 Å². The highest BCUT2D eigenvalue weighted by Gasteiger charge is 2.69. The van der Waals surface area contributed by atoms with Crippen molar-refractivity contribution < 1.29 is 30.3 Å². The lowest BCUT2D eigenvalue weighted by atomic mass is 9.45. The van der Waals surface area contributed by atoms with Crippen LogP contribution in [-0.4, -0.2) is 60.8 Å². The van der Waals surface area contributed by atoms with E-state index >= 15 is 0 Å². The first-order valence-corrected chi connectivity index (χ1v) is 13.0. The lowest BCUT2D eigenvalue weighted by molar-refractivity contribution is -0.175. The zero-order valence-corrected chi connectivity index (χ0v) is 21.4. The third-order valence-electron chi connectivity index (χ3n) is 10.8. The average Bonchev–Trinajstić information content (AvgIpc) is 3.02. The SMILES string of the molecule is C=C(C[C@@H](O)[C@](C)(O)[C@H]1CC[C@@]2(O)C3=CC(=O)[C@@H]4C[C@@H](O)[C@@H](O)C[C@]4(C)[C@@H]3CC[C@]12C)C(C)C. The first kappa shape index (κ1) is 26.0. The van der Waals surface area contributed by atoms with Gasteiger partial charge in [0, 0.05) is 11.3 Å². The summed E-state index contributed by atoms with van der Waals surface area (Å²) in [6.07, 6.45) is 2.07. The predicted molar refractivity (Wildman–Crippen MR) is 130 cm³/mol. The number of allylic oxidation sites excluding steroid dienone is 1. The van der Waals surface area contributed by atoms with Crippen molar-refractivity contribution in [2.45, 2.75) is 109 Å². The average molecular weight is 477 g/mol. The van der Waals surface area contributed by atoms with Crippen LogP contribution in [0.3, 0.4) is 0 Å². The van der Waals surface area contributed by atoms with Gasteiger partial charge in [-0.25, -0.2) is 0 Å². The van der Waals surface area contributed by atoms with Crippen LogP contribution in [0.5, 0.6) is 0 Å². The van der Waals surface area contributed by atoms with Gasteiger partial charge in [-0.2, -0.15) is 0 Å². The molecule has 4 rings (SSSR count). The van der Waals surface area contributed by atoms with Crippen molar-refractivity contribution >= 4 is 5.78 Å². The fourth-order valence-electron chi connectivity index (χ4n) is 8.23. The molecule has 6 nitrogen and oxygen atoms in total. The van der Waals surface area contributed by atoms with Gasteiger partial charge < -0.3 is 25.5 Å². The molecular formula is C28H44O6. The maximum Gasteiger partial charge on any atom is 0.159 e. The Hall–Kier alpha value is -1.05. The molecule has 0 unspecified atom stereocenters. The van der Waals surface area contributed by atoms with Crippen LogP contribution in [0, 0.1) is 34.5 Å². The molecule has 4 aliphatic carbocycles. The second kappa shape index (κ2) is 8.24. The molecule has 3 saturated carbocycles. The molecule has 5 N–H and O–H groups in total. The van der Waals surface area contributed by atoms with Crippen LogP contribution in [0.4, 0.5) is 0 Å². The maximum atomic E-state index is 13.3. The van der Waals surface area contributed by atoms with E-state index in [1.165, 1.54) is 0 Å². The van der Waals surface area contributed by atoms with Gasteiger partial charge in [-0.1, -0.05) is 39.8 Å². The minimum absolute atomic E-state index is 0.0650. The van der Waals surface area contributed by atoms with Crippen molar-refractivity contribution in [3.63, 3.8) is 0 Å². The van der Waals surface area contributed by atoms with Crippen LogP contribution >= 0.6 is 0 Å². The summed E-state index contributed by atoms with van der Waals surface area (Å²) in [5.74, 6) is -0.656. The van der Waals surface area contributed by atoms with Gasteiger partial charge in [-0.3, -0.25) is 4.79 Å². The van der Waals surface area contributed by atoms with Gasteiger partial charge in [-0.15, -0.1) is 0 Å². The Morgan fingerprint density at radius 3 is 2.44 bits per heavy atom. The molecule has 4 aliphatic rings. The van der Waals surface area contributed by atoms with Crippen LogP contribution < -0.4 is 0 Å². The number of hydrogen-bond donors (Lipinski definition) is 5. The number of hydrogen-bond acceptors (Lipinski definition) is 6. The Morgan fingerprint density at radius 1 is 1.18 bits per heavy atom. The smallest absolute Gasteiger partial charge is 0.159 e. The Kier molecular flexibility index (Phi) is 6.31. The summed E-state index contributed by atoms with van der Waals surface area (Å²) in [5.41, 5.74) is -2.29. The van der Waals surface area contributed by atoms with Crippen LogP contribution in [0.2, 0.25) is 0 Å². The number of aliphatic hydroxyl groups excluding tert-OH is 3. The molecule has 0 aromatic carbocycles. The van der Waals surface area contributed by atoms with E-state index in [4.69, 9.17) is 0 Å². The van der Waals surface area contributed by atoms with Crippen LogP contribution in [-0.2, 0) is 4.79 Å². The molecule has 0 bridgehead atoms. The molecule has 0 spiro atoms. The van der Waals surface area contributed by atoms with E-state index < -0.39 is 40.3 Å². The van der Waals surface area contributed by atoms with Crippen molar-refractivity contribution in [3.8, 4) is 0 Å². The van der Waals surface area contributed by atoms with E-state index in [1.54, 1.807) is 13.0 Å². The fourth-order valence-corrected chi connectivity index (χ4v) is 8.23. The number of fused-ring (bicyclic) bond motifs is 5. The number of carbonyl (C=O) groups excluding carboxylic acids is 1. The van der Waals surface area contributed by atoms with E-state index in [2.05, 4.69) is 6.58 Å². The first-order chi connectivity index (χ1) is 15.6. The van der Waals surface area contributed by atoms with Gasteiger partial charge in [0.1, 0.15) is 0 Å². The number of ketones is 1. The Balaban J connectivity index is 1.68. The molecule has 3 fully saturated rings. The molecule has 34 heavy (non-hydrogen) atoms. The van der Waals surface area contributed by atoms with Crippen molar-refractivity contribution in [2.75, 3.05) is 0 Å². The molecule has 0 aliphatic heterocycles. The topological polar surface area (TPSA) is 118 Å². The van der Waals surface area contributed by atoms with Crippen molar-refractivity contribution in [1.82, 2.24) is 0 Å². The highest BCUT2D eigenvalue weighted by Crippen LogP contribution is 2.68. The van der Waals surface area contributed by atoms with Crippen molar-refractivity contribution in [3.05, 3.63) is 23.8 Å². The molecule has 0 amide bonds. The minimum atomic E-state index is -1.42.